The Morgan fingerprint density at radius 2 is 1.56 bits per heavy atom. The molecular formula is C29H49NO4. The molecule has 3 saturated carbocycles. The molecular weight excluding hydrogens is 426 g/mol. The lowest BCUT2D eigenvalue weighted by atomic mass is 9.67. The first kappa shape index (κ1) is 25.2. The molecule has 0 aromatic rings. The van der Waals surface area contributed by atoms with Crippen LogP contribution in [0.3, 0.4) is 0 Å². The van der Waals surface area contributed by atoms with E-state index in [2.05, 4.69) is 11.8 Å². The fraction of sp³-hybridized carbons (Fsp3) is 0.931. The number of hydrogen-bond acceptors (Lipinski definition) is 5. The van der Waals surface area contributed by atoms with Gasteiger partial charge in [0.2, 0.25) is 0 Å². The summed E-state index contributed by atoms with van der Waals surface area (Å²) >= 11 is 0. The third kappa shape index (κ3) is 5.91. The molecule has 0 aromatic carbocycles. The Balaban J connectivity index is 1.20. The average molecular weight is 476 g/mol. The number of ether oxygens (including phenoxy) is 2. The van der Waals surface area contributed by atoms with Crippen molar-refractivity contribution < 1.29 is 19.7 Å². The normalized spacial score (nSPS) is 42.4. The van der Waals surface area contributed by atoms with E-state index < -0.39 is 0 Å². The van der Waals surface area contributed by atoms with Gasteiger partial charge in [-0.1, -0.05) is 12.0 Å². The highest BCUT2D eigenvalue weighted by molar-refractivity contribution is 5.28. The standard InChI is InChI=1S/C29H49NO4/c1-20-26-14-11-24(32)19-27(26)34-29(28(20)21-5-9-23(31)10-6-21)22-7-12-25(13-8-22)33-18-17-30-15-3-2-4-16-30/h21-27,29,31-32H,2-19H2,1H3/t21?,22?,23?,24?,25?,26?,27?,29-/m0/s1. The zero-order chi connectivity index (χ0) is 23.5. The molecule has 34 heavy (non-hydrogen) atoms. The van der Waals surface area contributed by atoms with Crippen LogP contribution in [0, 0.1) is 17.8 Å². The predicted octanol–water partition coefficient (Wildman–Crippen LogP) is 4.84. The smallest absolute Gasteiger partial charge is 0.0822 e. The highest BCUT2D eigenvalue weighted by atomic mass is 16.5. The van der Waals surface area contributed by atoms with Crippen LogP contribution in [0.5, 0.6) is 0 Å². The predicted molar refractivity (Wildman–Crippen MR) is 135 cm³/mol. The largest absolute Gasteiger partial charge is 0.393 e. The maximum atomic E-state index is 10.3. The molecule has 5 nitrogen and oxygen atoms in total. The van der Waals surface area contributed by atoms with Gasteiger partial charge in [0.05, 0.1) is 37.1 Å². The first-order valence-electron chi connectivity index (χ1n) is 14.6. The molecule has 4 fully saturated rings. The van der Waals surface area contributed by atoms with E-state index in [1.165, 1.54) is 45.2 Å². The number of aliphatic hydroxyl groups is 2. The van der Waals surface area contributed by atoms with Gasteiger partial charge in [-0.3, -0.25) is 0 Å². The van der Waals surface area contributed by atoms with Crippen LogP contribution in [-0.2, 0) is 9.47 Å². The SMILES string of the molecule is CC1=C(C2CCC(O)CC2)[C@H](C2CCC(OCCN3CCCCC3)CC2)OC2CC(O)CCC12. The van der Waals surface area contributed by atoms with Gasteiger partial charge in [-0.15, -0.1) is 0 Å². The van der Waals surface area contributed by atoms with Gasteiger partial charge < -0.3 is 24.6 Å². The zero-order valence-electron chi connectivity index (χ0n) is 21.5. The van der Waals surface area contributed by atoms with Gasteiger partial charge in [0.1, 0.15) is 0 Å². The Hall–Kier alpha value is -0.460. The summed E-state index contributed by atoms with van der Waals surface area (Å²) in [7, 11) is 0. The van der Waals surface area contributed by atoms with Crippen molar-refractivity contribution in [1.29, 1.82) is 0 Å². The Kier molecular flexibility index (Phi) is 8.69. The molecule has 0 radical (unpaired) electrons. The van der Waals surface area contributed by atoms with Crippen molar-refractivity contribution in [1.82, 2.24) is 4.90 Å². The molecule has 5 aliphatic rings. The van der Waals surface area contributed by atoms with E-state index in [1.54, 1.807) is 11.1 Å². The molecule has 2 N–H and O–H groups in total. The average Bonchev–Trinajstić information content (AvgIpc) is 2.86. The molecule has 0 spiro atoms. The molecule has 1 saturated heterocycles. The van der Waals surface area contributed by atoms with E-state index in [4.69, 9.17) is 9.47 Å². The van der Waals surface area contributed by atoms with Crippen molar-refractivity contribution in [3.63, 3.8) is 0 Å². The van der Waals surface area contributed by atoms with Gasteiger partial charge in [-0.2, -0.15) is 0 Å². The summed E-state index contributed by atoms with van der Waals surface area (Å²) in [5.41, 5.74) is 3.17. The Bertz CT molecular complexity index is 674. The summed E-state index contributed by atoms with van der Waals surface area (Å²) < 4.78 is 13.3. The lowest BCUT2D eigenvalue weighted by Gasteiger charge is -2.48. The number of fused-ring (bicyclic) bond motifs is 1. The van der Waals surface area contributed by atoms with E-state index in [-0.39, 0.29) is 24.4 Å². The first-order valence-corrected chi connectivity index (χ1v) is 14.6. The van der Waals surface area contributed by atoms with Gasteiger partial charge in [-0.25, -0.2) is 0 Å². The fourth-order valence-electron chi connectivity index (χ4n) is 7.85. The van der Waals surface area contributed by atoms with E-state index in [0.717, 1.165) is 70.9 Å². The third-order valence-corrected chi connectivity index (χ3v) is 9.90. The second-order valence-electron chi connectivity index (χ2n) is 12.1. The van der Waals surface area contributed by atoms with Crippen molar-refractivity contribution in [2.75, 3.05) is 26.2 Å². The second-order valence-corrected chi connectivity index (χ2v) is 12.1. The van der Waals surface area contributed by atoms with Crippen molar-refractivity contribution in [2.24, 2.45) is 17.8 Å². The van der Waals surface area contributed by atoms with E-state index in [0.29, 0.717) is 23.9 Å². The summed E-state index contributed by atoms with van der Waals surface area (Å²) in [6.45, 7) is 6.85. The number of rotatable bonds is 6. The second kappa shape index (κ2) is 11.7. The van der Waals surface area contributed by atoms with Gasteiger partial charge in [-0.05, 0) is 114 Å². The van der Waals surface area contributed by atoms with Crippen molar-refractivity contribution >= 4 is 0 Å². The summed E-state index contributed by atoms with van der Waals surface area (Å²) in [6.07, 6.45) is 16.1. The van der Waals surface area contributed by atoms with Gasteiger partial charge in [0, 0.05) is 18.9 Å². The van der Waals surface area contributed by atoms with Crippen LogP contribution in [0.2, 0.25) is 0 Å². The number of likely N-dealkylation sites (tertiary alicyclic amines) is 1. The highest BCUT2D eigenvalue weighted by Gasteiger charge is 2.45. The number of aliphatic hydroxyl groups excluding tert-OH is 2. The number of nitrogens with zero attached hydrogens (tertiary/aromatic N) is 1. The monoisotopic (exact) mass is 475 g/mol. The zero-order valence-corrected chi connectivity index (χ0v) is 21.5. The minimum Gasteiger partial charge on any atom is -0.393 e. The van der Waals surface area contributed by atoms with Gasteiger partial charge in [0.15, 0.2) is 0 Å². The molecule has 0 aromatic heterocycles. The summed E-state index contributed by atoms with van der Waals surface area (Å²) in [5, 5.41) is 20.5. The maximum absolute atomic E-state index is 10.3. The Morgan fingerprint density at radius 3 is 2.29 bits per heavy atom. The van der Waals surface area contributed by atoms with Crippen molar-refractivity contribution in [2.45, 2.75) is 127 Å². The fourth-order valence-corrected chi connectivity index (χ4v) is 7.85. The van der Waals surface area contributed by atoms with E-state index in [9.17, 15) is 10.2 Å². The molecule has 4 atom stereocenters. The lowest BCUT2D eigenvalue weighted by molar-refractivity contribution is -0.110. The molecule has 5 heteroatoms. The van der Waals surface area contributed by atoms with Crippen LogP contribution in [0.25, 0.3) is 0 Å². The molecule has 5 rings (SSSR count). The van der Waals surface area contributed by atoms with Crippen LogP contribution in [-0.4, -0.2) is 71.9 Å². The van der Waals surface area contributed by atoms with Gasteiger partial charge in [0.25, 0.3) is 0 Å². The lowest BCUT2D eigenvalue weighted by Crippen LogP contribution is -2.47. The summed E-state index contributed by atoms with van der Waals surface area (Å²) in [6, 6.07) is 0. The summed E-state index contributed by atoms with van der Waals surface area (Å²) in [5.74, 6) is 1.62. The molecule has 2 aliphatic heterocycles. The third-order valence-electron chi connectivity index (χ3n) is 9.90. The van der Waals surface area contributed by atoms with Crippen LogP contribution in [0.1, 0.15) is 96.8 Å². The highest BCUT2D eigenvalue weighted by Crippen LogP contribution is 2.48. The topological polar surface area (TPSA) is 62.2 Å². The Labute approximate surface area is 207 Å². The van der Waals surface area contributed by atoms with Gasteiger partial charge >= 0.3 is 0 Å². The Morgan fingerprint density at radius 1 is 0.853 bits per heavy atom. The molecule has 2 heterocycles. The molecule has 0 bridgehead atoms. The minimum atomic E-state index is -0.204. The maximum Gasteiger partial charge on any atom is 0.0822 e. The molecule has 194 valence electrons. The van der Waals surface area contributed by atoms with E-state index in [1.807, 2.05) is 0 Å². The molecule has 3 aliphatic carbocycles. The number of hydrogen-bond donors (Lipinski definition) is 2. The van der Waals surface area contributed by atoms with Crippen molar-refractivity contribution in [3.8, 4) is 0 Å². The minimum absolute atomic E-state index is 0.116. The van der Waals surface area contributed by atoms with Crippen LogP contribution in [0.4, 0.5) is 0 Å². The first-order chi connectivity index (χ1) is 16.6. The van der Waals surface area contributed by atoms with Crippen LogP contribution >= 0.6 is 0 Å². The molecule has 3 unspecified atom stereocenters. The van der Waals surface area contributed by atoms with E-state index >= 15 is 0 Å². The van der Waals surface area contributed by atoms with Crippen LogP contribution in [0.15, 0.2) is 11.1 Å². The summed E-state index contributed by atoms with van der Waals surface area (Å²) in [4.78, 5) is 2.57. The van der Waals surface area contributed by atoms with Crippen LogP contribution < -0.4 is 0 Å². The quantitative estimate of drug-likeness (QED) is 0.538. The number of piperidine rings is 1. The van der Waals surface area contributed by atoms with Crippen molar-refractivity contribution in [3.05, 3.63) is 11.1 Å². The molecule has 0 amide bonds.